The van der Waals surface area contributed by atoms with E-state index in [1.165, 1.54) is 13.2 Å². The summed E-state index contributed by atoms with van der Waals surface area (Å²) in [4.78, 5) is 0. The molecule has 0 amide bonds. The third-order valence-electron chi connectivity index (χ3n) is 0. The Morgan fingerprint density at radius 2 is 1.25 bits per heavy atom. The largest absolute Gasteiger partial charge is 0.448 e. The Bertz CT molecular complexity index is 21.6. The van der Waals surface area contributed by atoms with Crippen LogP contribution in [0.15, 0.2) is 0 Å². The molecule has 0 rings (SSSR count). The Morgan fingerprint density at radius 1 is 1.25 bits per heavy atom. The van der Waals surface area contributed by atoms with Crippen molar-refractivity contribution in [1.29, 1.82) is 0 Å². The summed E-state index contributed by atoms with van der Waals surface area (Å²) in [5, 5.41) is 15.2. The van der Waals surface area contributed by atoms with Crippen molar-refractivity contribution in [2.75, 3.05) is 0 Å². The van der Waals surface area contributed by atoms with Gasteiger partial charge in [-0.3, -0.25) is 0 Å². The van der Waals surface area contributed by atoms with E-state index in [0.717, 1.165) is 0 Å². The fourth-order valence-corrected chi connectivity index (χ4v) is 0. The van der Waals surface area contributed by atoms with Gasteiger partial charge in [-0.25, -0.2) is 0 Å². The summed E-state index contributed by atoms with van der Waals surface area (Å²) in [5.74, 6) is 0. The molecule has 3 heteroatoms. The molecule has 8 heavy (non-hydrogen) atoms. The van der Waals surface area contributed by atoms with Gasteiger partial charge in [0.25, 0.3) is 0 Å². The van der Waals surface area contributed by atoms with Gasteiger partial charge in [0.05, 0.1) is 0 Å². The third kappa shape index (κ3) is 655000. The summed E-state index contributed by atoms with van der Waals surface area (Å²) in [6.07, 6.45) is 1.25. The summed E-state index contributed by atoms with van der Waals surface area (Å²) in [6.45, 7) is 5.53. The van der Waals surface area contributed by atoms with Crippen LogP contribution in [0.4, 0.5) is 0 Å². The molecule has 0 fully saturated rings. The summed E-state index contributed by atoms with van der Waals surface area (Å²) in [5.41, 5.74) is 0. The number of hydrogen-bond acceptors (Lipinski definition) is 2. The third-order valence-corrected chi connectivity index (χ3v) is 0. The maximum atomic E-state index is 7.61. The van der Waals surface area contributed by atoms with Crippen LogP contribution in [0.2, 0.25) is 6.82 Å². The van der Waals surface area contributed by atoms with Gasteiger partial charge in [0, 0.05) is 0 Å². The first-order valence-corrected chi connectivity index (χ1v) is 2.51. The summed E-state index contributed by atoms with van der Waals surface area (Å²) in [7, 11) is -1.17. The minimum absolute atomic E-state index is 0. The van der Waals surface area contributed by atoms with E-state index in [1.807, 2.05) is 0 Å². The maximum absolute atomic E-state index is 7.61. The van der Waals surface area contributed by atoms with Crippen LogP contribution in [0, 0.1) is 0 Å². The van der Waals surface area contributed by atoms with Gasteiger partial charge in [-0.2, -0.15) is 0 Å². The second-order valence-electron chi connectivity index (χ2n) is 1.34. The fraction of sp³-hybridized carbons (Fsp3) is 1.00. The average Bonchev–Trinajstić information content (AvgIpc) is 1.33. The van der Waals surface area contributed by atoms with Crippen LogP contribution in [0.5, 0.6) is 0 Å². The highest BCUT2D eigenvalue weighted by Gasteiger charge is 1.86. The zero-order chi connectivity index (χ0) is 6.28. The molecule has 0 aliphatic heterocycles. The van der Waals surface area contributed by atoms with Gasteiger partial charge in [0.2, 0.25) is 0 Å². The van der Waals surface area contributed by atoms with E-state index in [1.54, 1.807) is 0 Å². The minimum Gasteiger partial charge on any atom is -0.427 e. The summed E-state index contributed by atoms with van der Waals surface area (Å²) in [6, 6.07) is 0. The second-order valence-corrected chi connectivity index (χ2v) is 1.34. The van der Waals surface area contributed by atoms with Gasteiger partial charge in [0.1, 0.15) is 0 Å². The van der Waals surface area contributed by atoms with E-state index in [4.69, 9.17) is 10.0 Å². The van der Waals surface area contributed by atoms with Crippen molar-refractivity contribution in [3.8, 4) is 0 Å². The molecule has 0 aliphatic rings. The van der Waals surface area contributed by atoms with E-state index >= 15 is 0 Å². The highest BCUT2D eigenvalue weighted by Crippen LogP contribution is 1.56. The fourth-order valence-electron chi connectivity index (χ4n) is 0. The predicted octanol–water partition coefficient (Wildman–Crippen LogP) is 1.14. The molecular formula is C5H17BO2. The molecule has 0 heterocycles. The van der Waals surface area contributed by atoms with E-state index in [9.17, 15) is 0 Å². The molecule has 0 bridgehead atoms. The molecule has 0 unspecified atom stereocenters. The van der Waals surface area contributed by atoms with Crippen molar-refractivity contribution in [3.63, 3.8) is 0 Å². The molecular weight excluding hydrogens is 103 g/mol. The van der Waals surface area contributed by atoms with Crippen molar-refractivity contribution in [2.45, 2.75) is 34.5 Å². The van der Waals surface area contributed by atoms with Crippen molar-refractivity contribution >= 4 is 7.12 Å². The molecule has 0 radical (unpaired) electrons. The number of hydrogen-bond donors (Lipinski definition) is 2. The maximum Gasteiger partial charge on any atom is 0.448 e. The SMILES string of the molecule is C.CB(O)O.CCC. The van der Waals surface area contributed by atoms with Crippen molar-refractivity contribution in [2.24, 2.45) is 0 Å². The Balaban J connectivity index is -0.0000000575. The molecule has 0 aromatic heterocycles. The molecule has 0 atom stereocenters. The summed E-state index contributed by atoms with van der Waals surface area (Å²) < 4.78 is 0. The van der Waals surface area contributed by atoms with Gasteiger partial charge < -0.3 is 10.0 Å². The van der Waals surface area contributed by atoms with Crippen LogP contribution in [0.25, 0.3) is 0 Å². The predicted molar refractivity (Wildman–Crippen MR) is 38.8 cm³/mol. The quantitative estimate of drug-likeness (QED) is 0.470. The Morgan fingerprint density at radius 3 is 1.25 bits per heavy atom. The Hall–Kier alpha value is -0.0151. The van der Waals surface area contributed by atoms with Crippen LogP contribution >= 0.6 is 0 Å². The lowest BCUT2D eigenvalue weighted by molar-refractivity contribution is 0.417. The molecule has 0 saturated heterocycles. The van der Waals surface area contributed by atoms with Gasteiger partial charge in [0.15, 0.2) is 0 Å². The molecule has 0 spiro atoms. The van der Waals surface area contributed by atoms with Crippen LogP contribution < -0.4 is 0 Å². The van der Waals surface area contributed by atoms with Gasteiger partial charge in [-0.15, -0.1) is 0 Å². The van der Waals surface area contributed by atoms with Crippen LogP contribution in [0.1, 0.15) is 27.7 Å². The van der Waals surface area contributed by atoms with Gasteiger partial charge >= 0.3 is 7.12 Å². The minimum atomic E-state index is -1.17. The van der Waals surface area contributed by atoms with E-state index in [0.29, 0.717) is 0 Å². The lowest BCUT2D eigenvalue weighted by Crippen LogP contribution is -2.00. The topological polar surface area (TPSA) is 40.5 Å². The lowest BCUT2D eigenvalue weighted by atomic mass is 9.99. The first-order valence-electron chi connectivity index (χ1n) is 2.51. The number of rotatable bonds is 0. The highest BCUT2D eigenvalue weighted by atomic mass is 16.4. The van der Waals surface area contributed by atoms with Crippen molar-refractivity contribution < 1.29 is 10.0 Å². The Labute approximate surface area is 52.7 Å². The molecule has 0 saturated carbocycles. The molecule has 2 N–H and O–H groups in total. The van der Waals surface area contributed by atoms with Crippen LogP contribution in [-0.4, -0.2) is 17.2 Å². The Kier molecular flexibility index (Phi) is 30.9. The molecule has 0 aromatic carbocycles. The zero-order valence-corrected chi connectivity index (χ0v) is 5.18. The van der Waals surface area contributed by atoms with Crippen LogP contribution in [-0.2, 0) is 0 Å². The van der Waals surface area contributed by atoms with E-state index in [2.05, 4.69) is 13.8 Å². The standard InChI is InChI=1S/C3H8.CH5BO2.CH4/c1-3-2;1-2(3)4;/h3H2,1-2H3;3-4H,1H3;1H4. The monoisotopic (exact) mass is 120 g/mol. The average molecular weight is 120 g/mol. The van der Waals surface area contributed by atoms with E-state index < -0.39 is 7.12 Å². The first-order chi connectivity index (χ1) is 3.15. The van der Waals surface area contributed by atoms with E-state index in [-0.39, 0.29) is 7.43 Å². The first kappa shape index (κ1) is 15.7. The molecule has 52 valence electrons. The smallest absolute Gasteiger partial charge is 0.427 e. The lowest BCUT2D eigenvalue weighted by Gasteiger charge is -1.71. The van der Waals surface area contributed by atoms with Crippen molar-refractivity contribution in [3.05, 3.63) is 0 Å². The highest BCUT2D eigenvalue weighted by molar-refractivity contribution is 6.38. The second kappa shape index (κ2) is 15.8. The van der Waals surface area contributed by atoms with Gasteiger partial charge in [-0.05, 0) is 6.82 Å². The van der Waals surface area contributed by atoms with Crippen LogP contribution in [0.3, 0.4) is 0 Å². The summed E-state index contributed by atoms with van der Waals surface area (Å²) >= 11 is 0. The zero-order valence-electron chi connectivity index (χ0n) is 5.18. The van der Waals surface area contributed by atoms with Crippen molar-refractivity contribution in [1.82, 2.24) is 0 Å². The van der Waals surface area contributed by atoms with Gasteiger partial charge in [-0.1, -0.05) is 27.7 Å². The normalized spacial score (nSPS) is 5.62. The molecule has 2 nitrogen and oxygen atoms in total. The molecule has 0 aliphatic carbocycles. The molecule has 0 aromatic rings.